The van der Waals surface area contributed by atoms with Gasteiger partial charge < -0.3 is 5.32 Å². The van der Waals surface area contributed by atoms with Crippen molar-refractivity contribution in [2.24, 2.45) is 0 Å². The summed E-state index contributed by atoms with van der Waals surface area (Å²) in [5, 5.41) is 4.87. The largest absolute Gasteiger partial charge is 0.325 e. The molecule has 0 unspecified atom stereocenters. The monoisotopic (exact) mass is 419 g/mol. The molecule has 0 saturated carbocycles. The number of nitrogens with one attached hydrogen (secondary N) is 1. The number of fused-ring (bicyclic) bond motifs is 2. The summed E-state index contributed by atoms with van der Waals surface area (Å²) in [6.45, 7) is 0.0304. The molecule has 4 rings (SSSR count). The van der Waals surface area contributed by atoms with Crippen LogP contribution in [0, 0.1) is 0 Å². The molecule has 0 bridgehead atoms. The molecular weight excluding hydrogens is 398 g/mol. The van der Waals surface area contributed by atoms with Crippen molar-refractivity contribution in [2.75, 3.05) is 14.1 Å². The van der Waals surface area contributed by atoms with E-state index in [4.69, 9.17) is 0 Å². The van der Waals surface area contributed by atoms with Gasteiger partial charge in [-0.2, -0.15) is 0 Å². The molecule has 2 aliphatic rings. The highest BCUT2D eigenvalue weighted by Gasteiger charge is 2.54. The highest BCUT2D eigenvalue weighted by molar-refractivity contribution is 7.89. The zero-order valence-electron chi connectivity index (χ0n) is 15.6. The summed E-state index contributed by atoms with van der Waals surface area (Å²) in [4.78, 5) is 28.4. The van der Waals surface area contributed by atoms with Crippen molar-refractivity contribution in [2.45, 2.75) is 36.2 Å². The van der Waals surface area contributed by atoms with Gasteiger partial charge in [0.05, 0.1) is 11.4 Å². The lowest BCUT2D eigenvalue weighted by atomic mass is 9.80. The number of sulfonamides is 1. The van der Waals surface area contributed by atoms with E-state index >= 15 is 0 Å². The summed E-state index contributed by atoms with van der Waals surface area (Å²) < 4.78 is 25.9. The molecule has 1 spiro atoms. The second kappa shape index (κ2) is 6.68. The second-order valence-corrected chi connectivity index (χ2v) is 10.4. The molecule has 1 aromatic carbocycles. The van der Waals surface area contributed by atoms with Crippen molar-refractivity contribution in [3.8, 4) is 0 Å². The third-order valence-electron chi connectivity index (χ3n) is 5.35. The number of carbonyl (C=O) groups excluding carboxylic acids is 2. The molecule has 1 saturated heterocycles. The quantitative estimate of drug-likeness (QED) is 0.771. The maximum atomic E-state index is 13.3. The lowest BCUT2D eigenvalue weighted by Crippen LogP contribution is -2.46. The minimum absolute atomic E-state index is 0.0304. The number of nitrogens with zero attached hydrogens (tertiary/aromatic N) is 2. The maximum absolute atomic E-state index is 13.3. The van der Waals surface area contributed by atoms with Crippen LogP contribution in [-0.2, 0) is 33.3 Å². The molecule has 1 aromatic heterocycles. The number of rotatable bonds is 4. The van der Waals surface area contributed by atoms with Crippen molar-refractivity contribution in [3.63, 3.8) is 0 Å². The predicted molar refractivity (Wildman–Crippen MR) is 105 cm³/mol. The molecule has 1 fully saturated rings. The van der Waals surface area contributed by atoms with E-state index in [-0.39, 0.29) is 17.3 Å². The van der Waals surface area contributed by atoms with E-state index in [2.05, 4.69) is 5.32 Å². The summed E-state index contributed by atoms with van der Waals surface area (Å²) in [5.74, 6) is -0.266. The van der Waals surface area contributed by atoms with Crippen LogP contribution in [0.25, 0.3) is 0 Å². The van der Waals surface area contributed by atoms with Gasteiger partial charge >= 0.3 is 6.03 Å². The fraction of sp³-hybridized carbons (Fsp3) is 0.368. The van der Waals surface area contributed by atoms with Crippen LogP contribution in [0.3, 0.4) is 0 Å². The maximum Gasteiger partial charge on any atom is 0.325 e. The molecule has 9 heteroatoms. The van der Waals surface area contributed by atoms with Crippen molar-refractivity contribution in [1.82, 2.24) is 14.5 Å². The lowest BCUT2D eigenvalue weighted by Gasteiger charge is -2.31. The topological polar surface area (TPSA) is 86.8 Å². The van der Waals surface area contributed by atoms with Crippen LogP contribution in [0.2, 0.25) is 0 Å². The highest BCUT2D eigenvalue weighted by Crippen LogP contribution is 2.42. The van der Waals surface area contributed by atoms with Gasteiger partial charge in [-0.05, 0) is 48.4 Å². The smallest absolute Gasteiger partial charge is 0.319 e. The summed E-state index contributed by atoms with van der Waals surface area (Å²) in [6.07, 6.45) is 2.33. The first-order valence-electron chi connectivity index (χ1n) is 8.98. The molecule has 7 nitrogen and oxygen atoms in total. The standard InChI is InChI=1S/C19H21N3O4S2/c1-21(2)28(25,26)14-6-3-5-13(11-14)12-22-17(23)19(20-18(22)24)9-4-7-16-15(19)8-10-27-16/h3,5-6,8,10-11H,4,7,9,12H2,1-2H3,(H,20,24)/t19-/m1/s1. The van der Waals surface area contributed by atoms with Gasteiger partial charge in [0.15, 0.2) is 0 Å². The van der Waals surface area contributed by atoms with Gasteiger partial charge in [-0.3, -0.25) is 9.69 Å². The fourth-order valence-corrected chi connectivity index (χ4v) is 5.85. The fourth-order valence-electron chi connectivity index (χ4n) is 3.88. The third-order valence-corrected chi connectivity index (χ3v) is 8.15. The Labute approximate surface area is 168 Å². The van der Waals surface area contributed by atoms with Gasteiger partial charge in [-0.15, -0.1) is 11.3 Å². The Morgan fingerprint density at radius 1 is 1.25 bits per heavy atom. The summed E-state index contributed by atoms with van der Waals surface area (Å²) in [5.41, 5.74) is 0.496. The average Bonchev–Trinajstić information content (AvgIpc) is 3.23. The van der Waals surface area contributed by atoms with Crippen LogP contribution >= 0.6 is 11.3 Å². The molecular formula is C19H21N3O4S2. The number of hydrogen-bond donors (Lipinski definition) is 1. The lowest BCUT2D eigenvalue weighted by molar-refractivity contribution is -0.132. The van der Waals surface area contributed by atoms with Crippen molar-refractivity contribution >= 4 is 33.3 Å². The third kappa shape index (κ3) is 2.85. The number of imide groups is 1. The summed E-state index contributed by atoms with van der Waals surface area (Å²) in [7, 11) is -0.663. The summed E-state index contributed by atoms with van der Waals surface area (Å²) in [6, 6.07) is 7.84. The van der Waals surface area contributed by atoms with Crippen LogP contribution in [0.1, 0.15) is 28.8 Å². The molecule has 3 amide bonds. The average molecular weight is 420 g/mol. The van der Waals surface area contributed by atoms with Crippen LogP contribution in [0.15, 0.2) is 40.6 Å². The Morgan fingerprint density at radius 3 is 2.79 bits per heavy atom. The Balaban J connectivity index is 1.64. The minimum atomic E-state index is -3.59. The molecule has 148 valence electrons. The van der Waals surface area contributed by atoms with Crippen LogP contribution < -0.4 is 5.32 Å². The van der Waals surface area contributed by atoms with E-state index in [1.165, 1.54) is 31.1 Å². The van der Waals surface area contributed by atoms with Crippen LogP contribution in [-0.4, -0.2) is 43.7 Å². The number of amides is 3. The SMILES string of the molecule is CN(C)S(=O)(=O)c1cccc(CN2C(=O)N[C@@]3(CCCc4sccc43)C2=O)c1. The molecule has 1 aliphatic carbocycles. The van der Waals surface area contributed by atoms with E-state index in [1.807, 2.05) is 11.4 Å². The van der Waals surface area contributed by atoms with Gasteiger partial charge in [-0.25, -0.2) is 17.5 Å². The zero-order chi connectivity index (χ0) is 20.1. The van der Waals surface area contributed by atoms with Gasteiger partial charge in [0.1, 0.15) is 5.54 Å². The zero-order valence-corrected chi connectivity index (χ0v) is 17.3. The molecule has 1 aliphatic heterocycles. The van der Waals surface area contributed by atoms with E-state index in [1.54, 1.807) is 23.5 Å². The van der Waals surface area contributed by atoms with E-state index in [9.17, 15) is 18.0 Å². The van der Waals surface area contributed by atoms with Gasteiger partial charge in [0.25, 0.3) is 5.91 Å². The Hall–Kier alpha value is -2.23. The Morgan fingerprint density at radius 2 is 2.04 bits per heavy atom. The predicted octanol–water partition coefficient (Wildman–Crippen LogP) is 2.28. The van der Waals surface area contributed by atoms with Crippen molar-refractivity contribution < 1.29 is 18.0 Å². The van der Waals surface area contributed by atoms with Gasteiger partial charge in [-0.1, -0.05) is 12.1 Å². The Bertz CT molecular complexity index is 1060. The number of aryl methyl sites for hydroxylation is 1. The highest BCUT2D eigenvalue weighted by atomic mass is 32.2. The normalized spacial score (nSPS) is 22.0. The number of benzene rings is 1. The van der Waals surface area contributed by atoms with Crippen molar-refractivity contribution in [1.29, 1.82) is 0 Å². The van der Waals surface area contributed by atoms with Crippen molar-refractivity contribution in [3.05, 3.63) is 51.7 Å². The van der Waals surface area contributed by atoms with Crippen LogP contribution in [0.4, 0.5) is 4.79 Å². The van der Waals surface area contributed by atoms with E-state index in [0.717, 1.165) is 27.6 Å². The Kier molecular flexibility index (Phi) is 4.56. The molecule has 2 aromatic rings. The number of thiophene rings is 1. The molecule has 1 N–H and O–H groups in total. The van der Waals surface area contributed by atoms with Crippen LogP contribution in [0.5, 0.6) is 0 Å². The van der Waals surface area contributed by atoms with Gasteiger partial charge in [0.2, 0.25) is 10.0 Å². The first kappa shape index (κ1) is 19.1. The number of hydrogen-bond acceptors (Lipinski definition) is 5. The first-order chi connectivity index (χ1) is 13.3. The second-order valence-electron chi connectivity index (χ2n) is 7.27. The van der Waals surface area contributed by atoms with Gasteiger partial charge in [0, 0.05) is 24.5 Å². The molecule has 2 heterocycles. The number of urea groups is 1. The van der Waals surface area contributed by atoms with E-state index < -0.39 is 21.6 Å². The first-order valence-corrected chi connectivity index (χ1v) is 11.3. The molecule has 28 heavy (non-hydrogen) atoms. The number of carbonyl (C=O) groups is 2. The molecule has 1 atom stereocenters. The minimum Gasteiger partial charge on any atom is -0.319 e. The summed E-state index contributed by atoms with van der Waals surface area (Å²) >= 11 is 1.61. The van der Waals surface area contributed by atoms with E-state index in [0.29, 0.717) is 12.0 Å². The molecule has 0 radical (unpaired) electrons.